The van der Waals surface area contributed by atoms with E-state index in [0.717, 1.165) is 42.8 Å². The fraction of sp³-hybridized carbons (Fsp3) is 0.412. The summed E-state index contributed by atoms with van der Waals surface area (Å²) >= 11 is 1.12. The summed E-state index contributed by atoms with van der Waals surface area (Å²) < 4.78 is 3.74. The molecule has 7 heteroatoms. The minimum Gasteiger partial charge on any atom is -0.352 e. The molecule has 2 aromatic rings. The number of aryl methyl sites for hydroxylation is 1. The Morgan fingerprint density at radius 3 is 2.79 bits per heavy atom. The summed E-state index contributed by atoms with van der Waals surface area (Å²) in [5.74, 6) is -0.448. The fourth-order valence-electron chi connectivity index (χ4n) is 2.96. The minimum absolute atomic E-state index is 0.0175. The van der Waals surface area contributed by atoms with E-state index in [1.165, 1.54) is 4.90 Å². The highest BCUT2D eigenvalue weighted by atomic mass is 32.1. The Morgan fingerprint density at radius 1 is 1.33 bits per heavy atom. The molecular formula is C17H20N4O2S. The van der Waals surface area contributed by atoms with Crippen LogP contribution in [0.1, 0.15) is 41.7 Å². The topological polar surface area (TPSA) is 75.2 Å². The molecule has 0 atom stereocenters. The number of anilines is 1. The standard InChI is InChI=1S/C17H20N4O2S/c1-12-5-4-8-14(9-12)21(17(23)15-11-24-20-19-15)10-16(22)18-13-6-2-3-7-13/h4-5,8-9,11,13H,2-3,6-7,10H2,1H3,(H,18,22). The van der Waals surface area contributed by atoms with Gasteiger partial charge in [0.2, 0.25) is 5.91 Å². The van der Waals surface area contributed by atoms with Crippen molar-refractivity contribution in [1.82, 2.24) is 14.9 Å². The first kappa shape index (κ1) is 16.6. The Bertz CT molecular complexity index is 711. The van der Waals surface area contributed by atoms with Gasteiger partial charge in [-0.2, -0.15) is 0 Å². The van der Waals surface area contributed by atoms with Gasteiger partial charge in [-0.15, -0.1) is 5.10 Å². The summed E-state index contributed by atoms with van der Waals surface area (Å²) in [5.41, 5.74) is 1.97. The van der Waals surface area contributed by atoms with Gasteiger partial charge in [0.1, 0.15) is 6.54 Å². The molecule has 1 aliphatic rings. The van der Waals surface area contributed by atoms with E-state index >= 15 is 0 Å². The molecule has 126 valence electrons. The number of benzene rings is 1. The summed E-state index contributed by atoms with van der Waals surface area (Å²) in [5, 5.41) is 8.47. The van der Waals surface area contributed by atoms with Crippen LogP contribution in [0.25, 0.3) is 0 Å². The SMILES string of the molecule is Cc1cccc(N(CC(=O)NC2CCCC2)C(=O)c2csnn2)c1. The van der Waals surface area contributed by atoms with Gasteiger partial charge in [0, 0.05) is 17.1 Å². The van der Waals surface area contributed by atoms with E-state index in [9.17, 15) is 9.59 Å². The van der Waals surface area contributed by atoms with Crippen LogP contribution in [0, 0.1) is 6.92 Å². The number of rotatable bonds is 5. The van der Waals surface area contributed by atoms with Gasteiger partial charge in [-0.25, -0.2) is 0 Å². The minimum atomic E-state index is -0.309. The van der Waals surface area contributed by atoms with Crippen LogP contribution < -0.4 is 10.2 Å². The van der Waals surface area contributed by atoms with Crippen molar-refractivity contribution >= 4 is 29.0 Å². The van der Waals surface area contributed by atoms with Crippen molar-refractivity contribution in [3.05, 3.63) is 40.9 Å². The van der Waals surface area contributed by atoms with E-state index in [-0.39, 0.29) is 30.1 Å². The lowest BCUT2D eigenvalue weighted by atomic mass is 10.2. The van der Waals surface area contributed by atoms with Gasteiger partial charge in [-0.05, 0) is 49.0 Å². The zero-order chi connectivity index (χ0) is 16.9. The zero-order valence-corrected chi connectivity index (χ0v) is 14.4. The van der Waals surface area contributed by atoms with Crippen LogP contribution >= 0.6 is 11.5 Å². The van der Waals surface area contributed by atoms with Gasteiger partial charge >= 0.3 is 0 Å². The van der Waals surface area contributed by atoms with Crippen LogP contribution in [0.15, 0.2) is 29.6 Å². The molecule has 0 unspecified atom stereocenters. The highest BCUT2D eigenvalue weighted by Crippen LogP contribution is 2.20. The van der Waals surface area contributed by atoms with E-state index < -0.39 is 0 Å². The smallest absolute Gasteiger partial charge is 0.280 e. The third-order valence-corrected chi connectivity index (χ3v) is 4.66. The molecule has 0 saturated heterocycles. The monoisotopic (exact) mass is 344 g/mol. The molecule has 1 aliphatic carbocycles. The van der Waals surface area contributed by atoms with Crippen LogP contribution in [0.4, 0.5) is 5.69 Å². The maximum atomic E-state index is 12.7. The molecular weight excluding hydrogens is 324 g/mol. The zero-order valence-electron chi connectivity index (χ0n) is 13.6. The molecule has 24 heavy (non-hydrogen) atoms. The van der Waals surface area contributed by atoms with Crippen LogP contribution in [0.5, 0.6) is 0 Å². The van der Waals surface area contributed by atoms with Crippen molar-refractivity contribution < 1.29 is 9.59 Å². The van der Waals surface area contributed by atoms with Crippen molar-refractivity contribution in [2.75, 3.05) is 11.4 Å². The van der Waals surface area contributed by atoms with Crippen molar-refractivity contribution in [3.8, 4) is 0 Å². The third kappa shape index (κ3) is 3.97. The van der Waals surface area contributed by atoms with Gasteiger partial charge in [-0.1, -0.05) is 29.5 Å². The van der Waals surface area contributed by atoms with Gasteiger partial charge in [-0.3, -0.25) is 14.5 Å². The van der Waals surface area contributed by atoms with Gasteiger partial charge < -0.3 is 5.32 Å². The lowest BCUT2D eigenvalue weighted by molar-refractivity contribution is -0.120. The van der Waals surface area contributed by atoms with Crippen LogP contribution in [-0.2, 0) is 4.79 Å². The van der Waals surface area contributed by atoms with Crippen LogP contribution in [0.2, 0.25) is 0 Å². The molecule has 1 aromatic heterocycles. The summed E-state index contributed by atoms with van der Waals surface area (Å²) in [6.45, 7) is 1.94. The first-order chi connectivity index (χ1) is 11.6. The largest absolute Gasteiger partial charge is 0.352 e. The predicted molar refractivity (Wildman–Crippen MR) is 93.2 cm³/mol. The average Bonchev–Trinajstić information content (AvgIpc) is 3.25. The van der Waals surface area contributed by atoms with E-state index in [0.29, 0.717) is 5.69 Å². The summed E-state index contributed by atoms with van der Waals surface area (Å²) in [4.78, 5) is 26.6. The molecule has 0 spiro atoms. The molecule has 3 rings (SSSR count). The Hall–Kier alpha value is -2.28. The van der Waals surface area contributed by atoms with Gasteiger partial charge in [0.25, 0.3) is 5.91 Å². The normalized spacial score (nSPS) is 14.5. The first-order valence-corrected chi connectivity index (χ1v) is 8.92. The molecule has 0 bridgehead atoms. The number of nitrogens with one attached hydrogen (secondary N) is 1. The second kappa shape index (κ2) is 7.53. The van der Waals surface area contributed by atoms with Crippen LogP contribution in [0.3, 0.4) is 0 Å². The third-order valence-electron chi connectivity index (χ3n) is 4.16. The Labute approximate surface area is 145 Å². The maximum Gasteiger partial charge on any atom is 0.280 e. The second-order valence-corrected chi connectivity index (χ2v) is 6.68. The number of aromatic nitrogens is 2. The summed E-state index contributed by atoms with van der Waals surface area (Å²) in [7, 11) is 0. The van der Waals surface area contributed by atoms with Crippen LogP contribution in [-0.4, -0.2) is 34.0 Å². The number of hydrogen-bond acceptors (Lipinski definition) is 5. The molecule has 0 aliphatic heterocycles. The van der Waals surface area contributed by atoms with E-state index in [1.807, 2.05) is 31.2 Å². The number of hydrogen-bond donors (Lipinski definition) is 1. The summed E-state index contributed by atoms with van der Waals surface area (Å²) in [6.07, 6.45) is 4.33. The molecule has 1 heterocycles. The van der Waals surface area contributed by atoms with Crippen molar-refractivity contribution in [2.24, 2.45) is 0 Å². The number of amides is 2. The molecule has 6 nitrogen and oxygen atoms in total. The highest BCUT2D eigenvalue weighted by Gasteiger charge is 2.24. The number of carbonyl (C=O) groups excluding carboxylic acids is 2. The van der Waals surface area contributed by atoms with E-state index in [1.54, 1.807) is 5.38 Å². The maximum absolute atomic E-state index is 12.7. The fourth-order valence-corrected chi connectivity index (χ4v) is 3.39. The number of carbonyl (C=O) groups is 2. The average molecular weight is 344 g/mol. The second-order valence-electron chi connectivity index (χ2n) is 6.07. The molecule has 1 saturated carbocycles. The Kier molecular flexibility index (Phi) is 5.20. The summed E-state index contributed by atoms with van der Waals surface area (Å²) in [6, 6.07) is 7.77. The predicted octanol–water partition coefficient (Wildman–Crippen LogP) is 2.55. The quantitative estimate of drug-likeness (QED) is 0.904. The van der Waals surface area contributed by atoms with Crippen molar-refractivity contribution in [3.63, 3.8) is 0 Å². The molecule has 1 fully saturated rings. The number of nitrogens with zero attached hydrogens (tertiary/aromatic N) is 3. The van der Waals surface area contributed by atoms with E-state index in [4.69, 9.17) is 0 Å². The lowest BCUT2D eigenvalue weighted by Gasteiger charge is -2.23. The molecule has 0 radical (unpaired) electrons. The Morgan fingerprint density at radius 2 is 2.12 bits per heavy atom. The van der Waals surface area contributed by atoms with Gasteiger partial charge in [0.15, 0.2) is 5.69 Å². The molecule has 1 aromatic carbocycles. The van der Waals surface area contributed by atoms with Crippen molar-refractivity contribution in [1.29, 1.82) is 0 Å². The van der Waals surface area contributed by atoms with Gasteiger partial charge in [0.05, 0.1) is 0 Å². The lowest BCUT2D eigenvalue weighted by Crippen LogP contribution is -2.43. The highest BCUT2D eigenvalue weighted by molar-refractivity contribution is 7.03. The Balaban J connectivity index is 1.79. The molecule has 1 N–H and O–H groups in total. The first-order valence-electron chi connectivity index (χ1n) is 8.08. The van der Waals surface area contributed by atoms with E-state index in [2.05, 4.69) is 14.9 Å². The van der Waals surface area contributed by atoms with Crippen molar-refractivity contribution in [2.45, 2.75) is 38.6 Å². The molecule has 2 amide bonds.